The molecule has 4 heteroatoms. The van der Waals surface area contributed by atoms with Gasteiger partial charge in [0.05, 0.1) is 28.0 Å². The van der Waals surface area contributed by atoms with Gasteiger partial charge in [0.15, 0.2) is 0 Å². The van der Waals surface area contributed by atoms with Crippen LogP contribution in [0.5, 0.6) is 5.75 Å². The van der Waals surface area contributed by atoms with Gasteiger partial charge in [0.25, 0.3) is 0 Å². The number of hydrogen-bond acceptors (Lipinski definition) is 3. The molecule has 0 amide bonds. The number of phenols is 1. The highest BCUT2D eigenvalue weighted by Gasteiger charge is 2.25. The maximum atomic E-state index is 12.0. The fourth-order valence-electron chi connectivity index (χ4n) is 8.33. The second kappa shape index (κ2) is 15.9. The summed E-state index contributed by atoms with van der Waals surface area (Å²) in [5, 5.41) is 12.0. The van der Waals surface area contributed by atoms with Gasteiger partial charge in [-0.1, -0.05) is 149 Å². The van der Waals surface area contributed by atoms with Crippen LogP contribution in [0.1, 0.15) is 64.1 Å². The van der Waals surface area contributed by atoms with Gasteiger partial charge < -0.3 is 5.11 Å². The van der Waals surface area contributed by atoms with E-state index in [2.05, 4.69) is 166 Å². The summed E-state index contributed by atoms with van der Waals surface area (Å²) in [6, 6.07) is 57.3. The number of benzene rings is 7. The Morgan fingerprint density at radius 3 is 1.95 bits per heavy atom. The van der Waals surface area contributed by atoms with Crippen LogP contribution in [-0.4, -0.2) is 19.6 Å². The number of phenolic OH excluding ortho intramolecular Hbond substituents is 1. The number of para-hydroxylation sites is 1. The molecule has 0 atom stereocenters. The van der Waals surface area contributed by atoms with Gasteiger partial charge in [-0.25, -0.2) is 4.98 Å². The zero-order valence-corrected chi connectivity index (χ0v) is 36.0. The molecule has 0 spiro atoms. The number of nitrogens with zero attached hydrogens (tertiary/aromatic N) is 3. The Labute approximate surface area is 361 Å². The Kier molecular flexibility index (Phi) is 9.92. The predicted octanol–water partition coefficient (Wildman–Crippen LogP) is 15.2. The van der Waals surface area contributed by atoms with Gasteiger partial charge in [0.2, 0.25) is 0 Å². The summed E-state index contributed by atoms with van der Waals surface area (Å²) in [6.07, 6.45) is 1.88. The van der Waals surface area contributed by atoms with E-state index in [0.717, 1.165) is 94.7 Å². The minimum Gasteiger partial charge on any atom is -0.507 e. The SMILES string of the molecule is [2H]C(C)(C)c1ccc(-c2ccnc(-c3cc(-c4ccccc4)cc(-c4cccc5c4nc(-c4cc(C(C)(C)C)cc(C)c4O)n5-c4ccc(C)cc4-c4ccccc4)c3)c2)cc1. The third-order valence-corrected chi connectivity index (χ3v) is 11.8. The summed E-state index contributed by atoms with van der Waals surface area (Å²) < 4.78 is 10.7. The van der Waals surface area contributed by atoms with Crippen LogP contribution < -0.4 is 0 Å². The van der Waals surface area contributed by atoms with Crippen molar-refractivity contribution in [1.82, 2.24) is 14.5 Å². The minimum absolute atomic E-state index is 0.157. The smallest absolute Gasteiger partial charge is 0.149 e. The molecule has 0 bridgehead atoms. The Hall–Kier alpha value is -7.04. The summed E-state index contributed by atoms with van der Waals surface area (Å²) in [6.45, 7) is 14.5. The van der Waals surface area contributed by atoms with Gasteiger partial charge >= 0.3 is 0 Å². The van der Waals surface area contributed by atoms with Crippen LogP contribution in [0.2, 0.25) is 0 Å². The lowest BCUT2D eigenvalue weighted by molar-refractivity contribution is 0.471. The number of pyridine rings is 1. The lowest BCUT2D eigenvalue weighted by Gasteiger charge is -2.22. The summed E-state index contributed by atoms with van der Waals surface area (Å²) in [5.74, 6) is 0.228. The van der Waals surface area contributed by atoms with E-state index in [0.29, 0.717) is 11.4 Å². The van der Waals surface area contributed by atoms with E-state index in [1.807, 2.05) is 57.3 Å². The van der Waals surface area contributed by atoms with Crippen molar-refractivity contribution in [3.05, 3.63) is 192 Å². The Morgan fingerprint density at radius 2 is 1.25 bits per heavy atom. The maximum Gasteiger partial charge on any atom is 0.149 e. The molecule has 9 aromatic rings. The first-order valence-corrected chi connectivity index (χ1v) is 21.0. The molecule has 0 saturated carbocycles. The molecule has 0 fully saturated rings. The van der Waals surface area contributed by atoms with Crippen LogP contribution in [-0.2, 0) is 5.41 Å². The van der Waals surface area contributed by atoms with Crippen LogP contribution in [0.15, 0.2) is 170 Å². The van der Waals surface area contributed by atoms with Crippen LogP contribution in [0.25, 0.3) is 83.9 Å². The predicted molar refractivity (Wildman–Crippen MR) is 255 cm³/mol. The second-order valence-corrected chi connectivity index (χ2v) is 17.4. The first-order valence-electron chi connectivity index (χ1n) is 21.5. The number of imidazole rings is 1. The highest BCUT2D eigenvalue weighted by molar-refractivity contribution is 5.98. The zero-order valence-electron chi connectivity index (χ0n) is 37.0. The molecule has 0 radical (unpaired) electrons. The number of fused-ring (bicyclic) bond motifs is 1. The van der Waals surface area contributed by atoms with Crippen molar-refractivity contribution in [1.29, 1.82) is 0 Å². The highest BCUT2D eigenvalue weighted by atomic mass is 16.3. The first-order chi connectivity index (χ1) is 29.7. The van der Waals surface area contributed by atoms with Gasteiger partial charge in [-0.15, -0.1) is 0 Å². The molecule has 2 aromatic heterocycles. The van der Waals surface area contributed by atoms with Gasteiger partial charge in [0, 0.05) is 24.3 Å². The molecule has 0 aliphatic carbocycles. The molecule has 0 aliphatic heterocycles. The van der Waals surface area contributed by atoms with E-state index in [9.17, 15) is 5.11 Å². The monoisotopic (exact) mass is 794 g/mol. The van der Waals surface area contributed by atoms with E-state index < -0.39 is 5.89 Å². The fourth-order valence-corrected chi connectivity index (χ4v) is 8.33. The van der Waals surface area contributed by atoms with Crippen LogP contribution in [0.3, 0.4) is 0 Å². The zero-order chi connectivity index (χ0) is 43.3. The van der Waals surface area contributed by atoms with Crippen molar-refractivity contribution in [2.75, 3.05) is 0 Å². The summed E-state index contributed by atoms with van der Waals surface area (Å²) >= 11 is 0. The standard InChI is InChI=1S/C57H51N3O/c1-36(2)39-22-24-41(25-23-39)43-27-28-58-51(34-43)46-32-44(40-15-10-8-11-16-40)31-45(33-46)48-19-14-20-53-54(48)59-56(50-35-47(57(5,6)7)30-38(4)55(50)61)60(53)52-26-21-37(3)29-49(52)42-17-12-9-13-18-42/h8-36,61H,1-7H3/i36D. The number of rotatable bonds is 8. The summed E-state index contributed by atoms with van der Waals surface area (Å²) in [5.41, 5.74) is 17.7. The minimum atomic E-state index is -0.671. The largest absolute Gasteiger partial charge is 0.507 e. The quantitative estimate of drug-likeness (QED) is 0.167. The number of hydrogen-bond donors (Lipinski definition) is 1. The van der Waals surface area contributed by atoms with Crippen LogP contribution >= 0.6 is 0 Å². The molecule has 300 valence electrons. The Bertz CT molecular complexity index is 3100. The van der Waals surface area contributed by atoms with Crippen molar-refractivity contribution >= 4 is 11.0 Å². The third kappa shape index (κ3) is 7.66. The topological polar surface area (TPSA) is 50.9 Å². The molecule has 1 N–H and O–H groups in total. The van der Waals surface area contributed by atoms with Gasteiger partial charge in [0.1, 0.15) is 11.6 Å². The maximum absolute atomic E-state index is 12.0. The molecule has 0 aliphatic rings. The normalized spacial score (nSPS) is 12.1. The number of aromatic nitrogens is 3. The number of aromatic hydroxyl groups is 1. The van der Waals surface area contributed by atoms with E-state index in [-0.39, 0.29) is 11.2 Å². The lowest BCUT2D eigenvalue weighted by atomic mass is 9.84. The van der Waals surface area contributed by atoms with Gasteiger partial charge in [-0.3, -0.25) is 9.55 Å². The molecule has 2 heterocycles. The molecular weight excluding hydrogens is 743 g/mol. The molecule has 0 saturated heterocycles. The van der Waals surface area contributed by atoms with E-state index in [1.54, 1.807) is 0 Å². The molecule has 4 nitrogen and oxygen atoms in total. The van der Waals surface area contributed by atoms with Gasteiger partial charge in [-0.05, 0) is 130 Å². The lowest BCUT2D eigenvalue weighted by Crippen LogP contribution is -2.12. The molecular formula is C57H51N3O. The molecule has 9 rings (SSSR count). The summed E-state index contributed by atoms with van der Waals surface area (Å²) in [7, 11) is 0. The van der Waals surface area contributed by atoms with Crippen molar-refractivity contribution in [3.8, 4) is 78.6 Å². The van der Waals surface area contributed by atoms with Crippen molar-refractivity contribution in [3.63, 3.8) is 0 Å². The average molecular weight is 795 g/mol. The van der Waals surface area contributed by atoms with E-state index >= 15 is 0 Å². The van der Waals surface area contributed by atoms with Crippen LogP contribution in [0.4, 0.5) is 0 Å². The molecule has 7 aromatic carbocycles. The summed E-state index contributed by atoms with van der Waals surface area (Å²) in [4.78, 5) is 10.5. The Morgan fingerprint density at radius 1 is 0.574 bits per heavy atom. The number of aryl methyl sites for hydroxylation is 2. The van der Waals surface area contributed by atoms with E-state index in [4.69, 9.17) is 11.3 Å². The molecule has 61 heavy (non-hydrogen) atoms. The van der Waals surface area contributed by atoms with Crippen molar-refractivity contribution in [2.45, 2.75) is 59.8 Å². The van der Waals surface area contributed by atoms with Crippen molar-refractivity contribution < 1.29 is 6.48 Å². The Balaban J connectivity index is 1.30. The first kappa shape index (κ1) is 38.2. The van der Waals surface area contributed by atoms with Crippen molar-refractivity contribution in [2.24, 2.45) is 0 Å². The highest BCUT2D eigenvalue weighted by Crippen LogP contribution is 2.43. The van der Waals surface area contributed by atoms with Gasteiger partial charge in [-0.2, -0.15) is 0 Å². The van der Waals surface area contributed by atoms with Crippen LogP contribution in [0, 0.1) is 13.8 Å². The average Bonchev–Trinajstić information content (AvgIpc) is 3.66. The third-order valence-electron chi connectivity index (χ3n) is 11.8. The molecule has 0 unspecified atom stereocenters. The fraction of sp³-hybridized carbons (Fsp3) is 0.158. The van der Waals surface area contributed by atoms with E-state index in [1.165, 1.54) is 0 Å². The second-order valence-electron chi connectivity index (χ2n) is 17.4.